The van der Waals surface area contributed by atoms with Crippen molar-refractivity contribution in [2.75, 3.05) is 13.6 Å². The monoisotopic (exact) mass is 240 g/mol. The lowest BCUT2D eigenvalue weighted by Gasteiger charge is -2.16. The molecular formula is C12H17FN2O2. The summed E-state index contributed by atoms with van der Waals surface area (Å²) >= 11 is 0. The summed E-state index contributed by atoms with van der Waals surface area (Å²) in [6, 6.07) is 5.60. The maximum atomic E-state index is 13.3. The van der Waals surface area contributed by atoms with Gasteiger partial charge in [0, 0.05) is 19.2 Å². The highest BCUT2D eigenvalue weighted by atomic mass is 19.1. The number of likely N-dealkylation sites (N-methyl/N-ethyl adjacent to an activating group) is 1. The van der Waals surface area contributed by atoms with Crippen LogP contribution >= 0.6 is 0 Å². The number of aliphatic hydroxyl groups is 1. The Hall–Kier alpha value is -1.46. The van der Waals surface area contributed by atoms with Crippen LogP contribution in [0.15, 0.2) is 24.3 Å². The lowest BCUT2D eigenvalue weighted by atomic mass is 10.1. The fourth-order valence-corrected chi connectivity index (χ4v) is 1.45. The smallest absolute Gasteiger partial charge is 0.236 e. The van der Waals surface area contributed by atoms with Crippen molar-refractivity contribution in [3.63, 3.8) is 0 Å². The first-order valence-corrected chi connectivity index (χ1v) is 5.43. The molecule has 4 nitrogen and oxygen atoms in total. The zero-order valence-electron chi connectivity index (χ0n) is 9.90. The van der Waals surface area contributed by atoms with Gasteiger partial charge in [-0.2, -0.15) is 0 Å². The van der Waals surface area contributed by atoms with E-state index in [1.165, 1.54) is 19.2 Å². The number of aliphatic hydroxyl groups excluding tert-OH is 1. The van der Waals surface area contributed by atoms with Crippen molar-refractivity contribution in [1.29, 1.82) is 0 Å². The molecule has 0 aliphatic carbocycles. The summed E-state index contributed by atoms with van der Waals surface area (Å²) in [6.45, 7) is 1.79. The molecule has 3 N–H and O–H groups in total. The highest BCUT2D eigenvalue weighted by Gasteiger charge is 2.15. The number of benzene rings is 1. The Morgan fingerprint density at radius 3 is 2.71 bits per heavy atom. The lowest BCUT2D eigenvalue weighted by Crippen LogP contribution is -2.42. The molecule has 17 heavy (non-hydrogen) atoms. The summed E-state index contributed by atoms with van der Waals surface area (Å²) in [5.41, 5.74) is 0.226. The molecule has 0 spiro atoms. The molecule has 1 aromatic carbocycles. The number of carbonyl (C=O) groups excluding carboxylic acids is 1. The Bertz CT molecular complexity index is 385. The van der Waals surface area contributed by atoms with Gasteiger partial charge < -0.3 is 15.7 Å². The molecule has 0 fully saturated rings. The molecule has 1 aromatic rings. The molecule has 0 aromatic heterocycles. The number of amides is 1. The third kappa shape index (κ3) is 3.80. The van der Waals surface area contributed by atoms with Gasteiger partial charge in [0.15, 0.2) is 0 Å². The number of rotatable bonds is 5. The minimum atomic E-state index is -0.969. The highest BCUT2D eigenvalue weighted by Crippen LogP contribution is 2.15. The first-order valence-electron chi connectivity index (χ1n) is 5.43. The van der Waals surface area contributed by atoms with Crippen LogP contribution in [-0.4, -0.2) is 30.6 Å². The van der Waals surface area contributed by atoms with E-state index in [0.29, 0.717) is 0 Å². The molecule has 0 radical (unpaired) electrons. The molecule has 5 heteroatoms. The van der Waals surface area contributed by atoms with E-state index < -0.39 is 18.0 Å². The summed E-state index contributed by atoms with van der Waals surface area (Å²) in [5, 5.41) is 15.1. The molecule has 0 heterocycles. The second-order valence-electron chi connectivity index (χ2n) is 3.78. The van der Waals surface area contributed by atoms with Gasteiger partial charge in [0.2, 0.25) is 5.91 Å². The molecule has 0 bridgehead atoms. The van der Waals surface area contributed by atoms with Gasteiger partial charge in [-0.25, -0.2) is 4.39 Å². The van der Waals surface area contributed by atoms with Crippen molar-refractivity contribution in [3.8, 4) is 0 Å². The van der Waals surface area contributed by atoms with Crippen LogP contribution in [0.5, 0.6) is 0 Å². The van der Waals surface area contributed by atoms with Gasteiger partial charge in [-0.1, -0.05) is 18.2 Å². The molecular weight excluding hydrogens is 223 g/mol. The third-order valence-electron chi connectivity index (χ3n) is 2.52. The second kappa shape index (κ2) is 6.32. The van der Waals surface area contributed by atoms with Crippen molar-refractivity contribution < 1.29 is 14.3 Å². The third-order valence-corrected chi connectivity index (χ3v) is 2.52. The number of nitrogens with one attached hydrogen (secondary N) is 2. The van der Waals surface area contributed by atoms with Gasteiger partial charge in [-0.15, -0.1) is 0 Å². The van der Waals surface area contributed by atoms with Crippen molar-refractivity contribution in [1.82, 2.24) is 10.6 Å². The molecule has 2 atom stereocenters. The number of hydrogen-bond donors (Lipinski definition) is 3. The topological polar surface area (TPSA) is 61.4 Å². The van der Waals surface area contributed by atoms with Crippen molar-refractivity contribution in [2.45, 2.75) is 19.1 Å². The van der Waals surface area contributed by atoms with E-state index in [4.69, 9.17) is 0 Å². The maximum absolute atomic E-state index is 13.3. The molecule has 0 aliphatic heterocycles. The molecule has 0 aliphatic rings. The SMILES string of the molecule is CNC(=O)C(C)NCC(O)c1ccccc1F. The van der Waals surface area contributed by atoms with Crippen molar-refractivity contribution >= 4 is 5.91 Å². The highest BCUT2D eigenvalue weighted by molar-refractivity contribution is 5.80. The summed E-state index contributed by atoms with van der Waals surface area (Å²) in [6.07, 6.45) is -0.969. The zero-order chi connectivity index (χ0) is 12.8. The minimum absolute atomic E-state index is 0.121. The second-order valence-corrected chi connectivity index (χ2v) is 3.78. The van der Waals surface area contributed by atoms with Crippen LogP contribution in [0.1, 0.15) is 18.6 Å². The van der Waals surface area contributed by atoms with Gasteiger partial charge in [-0.05, 0) is 13.0 Å². The largest absolute Gasteiger partial charge is 0.387 e. The maximum Gasteiger partial charge on any atom is 0.236 e. The Balaban J connectivity index is 2.53. The van der Waals surface area contributed by atoms with Crippen LogP contribution < -0.4 is 10.6 Å². The predicted octanol–water partition coefficient (Wildman–Crippen LogP) is 0.583. The first-order chi connectivity index (χ1) is 8.06. The van der Waals surface area contributed by atoms with E-state index in [2.05, 4.69) is 10.6 Å². The Morgan fingerprint density at radius 2 is 2.12 bits per heavy atom. The van der Waals surface area contributed by atoms with Crippen molar-refractivity contribution in [2.24, 2.45) is 0 Å². The quantitative estimate of drug-likeness (QED) is 0.705. The minimum Gasteiger partial charge on any atom is -0.387 e. The zero-order valence-corrected chi connectivity index (χ0v) is 9.90. The van der Waals surface area contributed by atoms with Crippen LogP contribution in [0.2, 0.25) is 0 Å². The number of carbonyl (C=O) groups is 1. The average Bonchev–Trinajstić information content (AvgIpc) is 2.35. The Morgan fingerprint density at radius 1 is 1.47 bits per heavy atom. The number of hydrogen-bond acceptors (Lipinski definition) is 3. The molecule has 0 saturated carbocycles. The lowest BCUT2D eigenvalue weighted by molar-refractivity contribution is -0.122. The Labute approximate surface area is 99.8 Å². The van der Waals surface area contributed by atoms with E-state index >= 15 is 0 Å². The number of halogens is 1. The van der Waals surface area contributed by atoms with Gasteiger partial charge in [0.05, 0.1) is 12.1 Å². The van der Waals surface area contributed by atoms with E-state index in [0.717, 1.165) is 0 Å². The Kier molecular flexibility index (Phi) is 5.06. The summed E-state index contributed by atoms with van der Waals surface area (Å²) in [7, 11) is 1.54. The van der Waals surface area contributed by atoms with Gasteiger partial charge in [-0.3, -0.25) is 4.79 Å². The van der Waals surface area contributed by atoms with Crippen LogP contribution in [0.25, 0.3) is 0 Å². The van der Waals surface area contributed by atoms with Crippen LogP contribution in [0, 0.1) is 5.82 Å². The van der Waals surface area contributed by atoms with E-state index in [1.807, 2.05) is 0 Å². The first kappa shape index (κ1) is 13.6. The fourth-order valence-electron chi connectivity index (χ4n) is 1.45. The van der Waals surface area contributed by atoms with E-state index in [1.54, 1.807) is 19.1 Å². The summed E-state index contributed by atoms with van der Waals surface area (Å²) in [4.78, 5) is 11.2. The summed E-state index contributed by atoms with van der Waals surface area (Å²) in [5.74, 6) is -0.625. The molecule has 1 amide bonds. The molecule has 2 unspecified atom stereocenters. The van der Waals surface area contributed by atoms with Crippen LogP contribution in [0.3, 0.4) is 0 Å². The van der Waals surface area contributed by atoms with E-state index in [-0.39, 0.29) is 18.0 Å². The van der Waals surface area contributed by atoms with E-state index in [9.17, 15) is 14.3 Å². The van der Waals surface area contributed by atoms with Crippen LogP contribution in [0.4, 0.5) is 4.39 Å². The molecule has 1 rings (SSSR count). The van der Waals surface area contributed by atoms with Gasteiger partial charge in [0.1, 0.15) is 5.82 Å². The average molecular weight is 240 g/mol. The van der Waals surface area contributed by atoms with Gasteiger partial charge in [0.25, 0.3) is 0 Å². The molecule has 94 valence electrons. The molecule has 0 saturated heterocycles. The summed E-state index contributed by atoms with van der Waals surface area (Å²) < 4.78 is 13.3. The standard InChI is InChI=1S/C12H17FN2O2/c1-8(12(17)14-2)15-7-11(16)9-5-3-4-6-10(9)13/h3-6,8,11,15-16H,7H2,1-2H3,(H,14,17). The van der Waals surface area contributed by atoms with Crippen LogP contribution in [-0.2, 0) is 4.79 Å². The predicted molar refractivity (Wildman–Crippen MR) is 62.9 cm³/mol. The fraction of sp³-hybridized carbons (Fsp3) is 0.417. The normalized spacial score (nSPS) is 14.1. The van der Waals surface area contributed by atoms with Gasteiger partial charge >= 0.3 is 0 Å². The van der Waals surface area contributed by atoms with Crippen molar-refractivity contribution in [3.05, 3.63) is 35.6 Å².